The molecule has 0 aliphatic carbocycles. The summed E-state index contributed by atoms with van der Waals surface area (Å²) in [5.41, 5.74) is 3.02. The van der Waals surface area contributed by atoms with Gasteiger partial charge in [-0.1, -0.05) is 54.9 Å². The molecule has 0 saturated heterocycles. The molecule has 2 N–H and O–H groups in total. The maximum absolute atomic E-state index is 13.7. The van der Waals surface area contributed by atoms with E-state index in [0.717, 1.165) is 12.0 Å². The van der Waals surface area contributed by atoms with Crippen molar-refractivity contribution >= 4 is 45.9 Å². The van der Waals surface area contributed by atoms with Crippen molar-refractivity contribution in [3.8, 4) is 0 Å². The van der Waals surface area contributed by atoms with Crippen molar-refractivity contribution in [1.29, 1.82) is 0 Å². The van der Waals surface area contributed by atoms with Crippen molar-refractivity contribution in [1.82, 2.24) is 0 Å². The van der Waals surface area contributed by atoms with E-state index in [0.29, 0.717) is 32.8 Å². The number of carbonyl (C=O) groups excluding carboxylic acids is 2. The average Bonchev–Trinajstić information content (AvgIpc) is 3.42. The molecular weight excluding hydrogens is 494 g/mol. The van der Waals surface area contributed by atoms with Gasteiger partial charge in [0.15, 0.2) is 11.5 Å². The number of Topliss-reactive ketones (excluding diaryl/α,β-unsaturated/α-hetero) is 1. The van der Waals surface area contributed by atoms with Crippen molar-refractivity contribution in [2.75, 3.05) is 4.90 Å². The molecule has 1 aromatic heterocycles. The second-order valence-corrected chi connectivity index (χ2v) is 9.23. The Kier molecular flexibility index (Phi) is 6.31. The number of carboxylic acid groups (broad SMARTS) is 1. The zero-order valence-electron chi connectivity index (χ0n) is 19.8. The number of aliphatic hydroxyl groups is 1. The van der Waals surface area contributed by atoms with E-state index in [4.69, 9.17) is 21.1 Å². The molecule has 1 unspecified atom stereocenters. The third kappa shape index (κ3) is 4.49. The maximum Gasteiger partial charge on any atom is 0.307 e. The highest BCUT2D eigenvalue weighted by atomic mass is 35.5. The predicted molar refractivity (Wildman–Crippen MR) is 139 cm³/mol. The number of hydrogen-bond donors (Lipinski definition) is 2. The summed E-state index contributed by atoms with van der Waals surface area (Å²) in [6.45, 7) is 2.02. The van der Waals surface area contributed by atoms with Crippen LogP contribution in [0.5, 0.6) is 0 Å². The van der Waals surface area contributed by atoms with Gasteiger partial charge in [0.25, 0.3) is 5.91 Å². The number of ketones is 1. The summed E-state index contributed by atoms with van der Waals surface area (Å²) in [4.78, 5) is 39.5. The van der Waals surface area contributed by atoms with Crippen LogP contribution in [0.4, 0.5) is 5.69 Å². The van der Waals surface area contributed by atoms with Gasteiger partial charge in [-0.15, -0.1) is 0 Å². The Morgan fingerprint density at radius 3 is 2.30 bits per heavy atom. The van der Waals surface area contributed by atoms with E-state index in [9.17, 15) is 19.5 Å². The zero-order chi connectivity index (χ0) is 26.3. The molecule has 1 aliphatic heterocycles. The SMILES string of the molecule is CCc1ccc(C2C(C(=O)c3cc4cc(Cl)ccc4o3)=C(O)C(=O)N2c2ccc(CC(=O)O)cc2)cc1. The Morgan fingerprint density at radius 2 is 1.65 bits per heavy atom. The second-order valence-electron chi connectivity index (χ2n) is 8.79. The molecule has 7 nitrogen and oxygen atoms in total. The van der Waals surface area contributed by atoms with Crippen LogP contribution in [-0.4, -0.2) is 27.9 Å². The molecule has 1 atom stereocenters. The lowest BCUT2D eigenvalue weighted by atomic mass is 9.93. The molecular formula is C29H22ClNO6. The number of halogens is 1. The molecule has 37 heavy (non-hydrogen) atoms. The van der Waals surface area contributed by atoms with Crippen molar-refractivity contribution in [2.45, 2.75) is 25.8 Å². The summed E-state index contributed by atoms with van der Waals surface area (Å²) in [7, 11) is 0. The zero-order valence-corrected chi connectivity index (χ0v) is 20.5. The Bertz CT molecular complexity index is 1570. The first-order chi connectivity index (χ1) is 17.8. The molecule has 0 spiro atoms. The lowest BCUT2D eigenvalue weighted by Gasteiger charge is -2.27. The normalized spacial score (nSPS) is 15.6. The smallest absolute Gasteiger partial charge is 0.307 e. The number of furan rings is 1. The number of aryl methyl sites for hydroxylation is 1. The lowest BCUT2D eigenvalue weighted by Crippen LogP contribution is -2.31. The topological polar surface area (TPSA) is 108 Å². The Morgan fingerprint density at radius 1 is 0.973 bits per heavy atom. The number of nitrogens with zero attached hydrogens (tertiary/aromatic N) is 1. The number of amides is 1. The summed E-state index contributed by atoms with van der Waals surface area (Å²) in [6, 6.07) is 19.5. The van der Waals surface area contributed by atoms with E-state index in [-0.39, 0.29) is 17.8 Å². The van der Waals surface area contributed by atoms with Crippen LogP contribution in [0, 0.1) is 0 Å². The number of carbonyl (C=O) groups is 3. The van der Waals surface area contributed by atoms with Crippen LogP contribution in [0.25, 0.3) is 11.0 Å². The Balaban J connectivity index is 1.60. The summed E-state index contributed by atoms with van der Waals surface area (Å²) >= 11 is 6.07. The fourth-order valence-electron chi connectivity index (χ4n) is 4.56. The van der Waals surface area contributed by atoms with Gasteiger partial charge in [0.1, 0.15) is 5.58 Å². The monoisotopic (exact) mass is 515 g/mol. The summed E-state index contributed by atoms with van der Waals surface area (Å²) in [5, 5.41) is 21.1. The molecule has 1 amide bonds. The first kappa shape index (κ1) is 24.3. The molecule has 0 radical (unpaired) electrons. The molecule has 3 aromatic carbocycles. The quantitative estimate of drug-likeness (QED) is 0.290. The highest BCUT2D eigenvalue weighted by Gasteiger charge is 2.45. The Hall–Kier alpha value is -4.36. The van der Waals surface area contributed by atoms with Gasteiger partial charge in [-0.3, -0.25) is 19.3 Å². The van der Waals surface area contributed by atoms with E-state index >= 15 is 0 Å². The van der Waals surface area contributed by atoms with Gasteiger partial charge in [-0.2, -0.15) is 0 Å². The first-order valence-corrected chi connectivity index (χ1v) is 12.0. The van der Waals surface area contributed by atoms with Gasteiger partial charge in [0, 0.05) is 16.1 Å². The molecule has 0 bridgehead atoms. The van der Waals surface area contributed by atoms with Crippen molar-refractivity contribution < 1.29 is 29.0 Å². The minimum absolute atomic E-state index is 0.0274. The molecule has 5 rings (SSSR count). The van der Waals surface area contributed by atoms with Crippen molar-refractivity contribution in [2.24, 2.45) is 0 Å². The highest BCUT2D eigenvalue weighted by molar-refractivity contribution is 6.31. The first-order valence-electron chi connectivity index (χ1n) is 11.7. The van der Waals surface area contributed by atoms with E-state index in [1.807, 2.05) is 31.2 Å². The number of anilines is 1. The van der Waals surface area contributed by atoms with Crippen LogP contribution in [0.1, 0.15) is 40.2 Å². The summed E-state index contributed by atoms with van der Waals surface area (Å²) < 4.78 is 5.76. The second kappa shape index (κ2) is 9.59. The van der Waals surface area contributed by atoms with Crippen LogP contribution in [0.3, 0.4) is 0 Å². The molecule has 0 saturated carbocycles. The van der Waals surface area contributed by atoms with Crippen molar-refractivity contribution in [3.05, 3.63) is 112 Å². The van der Waals surface area contributed by atoms with Gasteiger partial charge < -0.3 is 14.6 Å². The molecule has 8 heteroatoms. The predicted octanol–water partition coefficient (Wildman–Crippen LogP) is 6.06. The van der Waals surface area contributed by atoms with Crippen LogP contribution in [-0.2, 0) is 22.4 Å². The molecule has 186 valence electrons. The number of aliphatic carboxylic acids is 1. The van der Waals surface area contributed by atoms with E-state index in [1.165, 1.54) is 11.0 Å². The third-order valence-corrected chi connectivity index (χ3v) is 6.66. The molecule has 4 aromatic rings. The fourth-order valence-corrected chi connectivity index (χ4v) is 4.74. The number of carboxylic acids is 1. The summed E-state index contributed by atoms with van der Waals surface area (Å²) in [5.74, 6) is -3.02. The van der Waals surface area contributed by atoms with Gasteiger partial charge in [0.2, 0.25) is 5.78 Å². The number of benzene rings is 3. The number of hydrogen-bond acceptors (Lipinski definition) is 5. The standard InChI is InChI=1S/C29H22ClNO6/c1-2-16-3-7-18(8-4-16)26-25(27(34)23-15-19-14-20(30)9-12-22(19)37-23)28(35)29(36)31(26)21-10-5-17(6-11-21)13-24(32)33/h3-12,14-15,26,35H,2,13H2,1H3,(H,32,33). The van der Waals surface area contributed by atoms with Crippen LogP contribution >= 0.6 is 11.6 Å². The number of fused-ring (bicyclic) bond motifs is 1. The number of rotatable bonds is 7. The van der Waals surface area contributed by atoms with Crippen LogP contribution in [0.2, 0.25) is 5.02 Å². The van der Waals surface area contributed by atoms with E-state index in [2.05, 4.69) is 0 Å². The molecule has 1 aliphatic rings. The Labute approximate surface area is 217 Å². The van der Waals surface area contributed by atoms with Crippen LogP contribution < -0.4 is 4.90 Å². The third-order valence-electron chi connectivity index (χ3n) is 6.43. The fraction of sp³-hybridized carbons (Fsp3) is 0.138. The van der Waals surface area contributed by atoms with Crippen LogP contribution in [0.15, 0.2) is 88.5 Å². The minimum Gasteiger partial charge on any atom is -0.503 e. The largest absolute Gasteiger partial charge is 0.503 e. The van der Waals surface area contributed by atoms with Gasteiger partial charge in [0.05, 0.1) is 18.0 Å². The lowest BCUT2D eigenvalue weighted by molar-refractivity contribution is -0.136. The maximum atomic E-state index is 13.7. The number of aliphatic hydroxyl groups excluding tert-OH is 1. The van der Waals surface area contributed by atoms with Gasteiger partial charge in [-0.05, 0) is 59.5 Å². The van der Waals surface area contributed by atoms with Gasteiger partial charge >= 0.3 is 5.97 Å². The minimum atomic E-state index is -0.974. The van der Waals surface area contributed by atoms with E-state index in [1.54, 1.807) is 42.5 Å². The molecule has 0 fully saturated rings. The molecule has 2 heterocycles. The average molecular weight is 516 g/mol. The highest BCUT2D eigenvalue weighted by Crippen LogP contribution is 2.42. The van der Waals surface area contributed by atoms with E-state index < -0.39 is 29.5 Å². The van der Waals surface area contributed by atoms with Gasteiger partial charge in [-0.25, -0.2) is 0 Å². The van der Waals surface area contributed by atoms with Crippen molar-refractivity contribution in [3.63, 3.8) is 0 Å². The summed E-state index contributed by atoms with van der Waals surface area (Å²) in [6.07, 6.45) is 0.645.